The first-order valence-corrected chi connectivity index (χ1v) is 12.6. The molecule has 1 aromatic carbocycles. The lowest BCUT2D eigenvalue weighted by Gasteiger charge is -2.44. The number of aromatic nitrogens is 3. The smallest absolute Gasteiger partial charge is 0.236 e. The summed E-state index contributed by atoms with van der Waals surface area (Å²) in [5, 5.41) is 4.16. The first-order valence-electron chi connectivity index (χ1n) is 12.2. The number of nitrogens with zero attached hydrogens (tertiary/aromatic N) is 5. The van der Waals surface area contributed by atoms with Crippen LogP contribution < -0.4 is 20.7 Å². The molecule has 6 rings (SSSR count). The van der Waals surface area contributed by atoms with Crippen LogP contribution in [0.25, 0.3) is 0 Å². The fraction of sp³-hybridized carbons (Fsp3) is 0.625. The van der Waals surface area contributed by atoms with Crippen LogP contribution in [0.3, 0.4) is 0 Å². The minimum atomic E-state index is 0.238. The van der Waals surface area contributed by atoms with Gasteiger partial charge in [-0.25, -0.2) is 0 Å². The normalized spacial score (nSPS) is 25.5. The highest BCUT2D eigenvalue weighted by Crippen LogP contribution is 2.37. The molecule has 3 aliphatic heterocycles. The minimum absolute atomic E-state index is 0.238. The summed E-state index contributed by atoms with van der Waals surface area (Å²) >= 11 is 6.51. The van der Waals surface area contributed by atoms with E-state index in [4.69, 9.17) is 27.1 Å². The van der Waals surface area contributed by atoms with Gasteiger partial charge >= 0.3 is 0 Å². The number of ether oxygens (including phenoxy) is 1. The van der Waals surface area contributed by atoms with Crippen LogP contribution in [0, 0.1) is 5.92 Å². The number of halogens is 1. The maximum atomic E-state index is 6.51. The van der Waals surface area contributed by atoms with Gasteiger partial charge in [-0.05, 0) is 62.9 Å². The number of fused-ring (bicyclic) bond motifs is 3. The van der Waals surface area contributed by atoms with Gasteiger partial charge in [-0.1, -0.05) is 37.3 Å². The molecule has 1 saturated carbocycles. The number of hydrogen-bond acceptors (Lipinski definition) is 8. The Morgan fingerprint density at radius 3 is 2.45 bits per heavy atom. The molecule has 0 radical (unpaired) electrons. The van der Waals surface area contributed by atoms with Crippen molar-refractivity contribution in [1.29, 1.82) is 0 Å². The van der Waals surface area contributed by atoms with Crippen molar-refractivity contribution >= 4 is 35.1 Å². The van der Waals surface area contributed by atoms with Crippen LogP contribution in [0.2, 0.25) is 5.02 Å². The number of nitrogens with two attached hydrogens (primary N) is 1. The highest BCUT2D eigenvalue weighted by Gasteiger charge is 2.35. The summed E-state index contributed by atoms with van der Waals surface area (Å²) in [4.78, 5) is 18.6. The van der Waals surface area contributed by atoms with E-state index in [0.29, 0.717) is 34.6 Å². The Morgan fingerprint density at radius 1 is 1.06 bits per heavy atom. The summed E-state index contributed by atoms with van der Waals surface area (Å²) in [5.74, 6) is 2.70. The Kier molecular flexibility index (Phi) is 6.74. The van der Waals surface area contributed by atoms with Crippen molar-refractivity contribution in [3.63, 3.8) is 0 Å². The zero-order valence-electron chi connectivity index (χ0n) is 19.3. The fourth-order valence-electron chi connectivity index (χ4n) is 5.66. The maximum absolute atomic E-state index is 6.51. The predicted molar refractivity (Wildman–Crippen MR) is 132 cm³/mol. The molecule has 2 bridgehead atoms. The van der Waals surface area contributed by atoms with Crippen molar-refractivity contribution < 1.29 is 4.74 Å². The number of benzene rings is 1. The average Bonchev–Trinajstić information content (AvgIpc) is 3.09. The Labute approximate surface area is 200 Å². The van der Waals surface area contributed by atoms with Crippen molar-refractivity contribution in [2.24, 2.45) is 5.92 Å². The molecule has 3 N–H and O–H groups in total. The van der Waals surface area contributed by atoms with Gasteiger partial charge in [0.25, 0.3) is 0 Å². The van der Waals surface area contributed by atoms with Crippen molar-refractivity contribution in [1.82, 2.24) is 19.9 Å². The standard InChI is InChI=1S/C24H34ClN7O/c1-33-21-9-8-18(14-19(21)25)32(17-6-4-2-3-5-7-17)24-29-22(26)28-23(30-24)27-20-15-31-12-10-16(20)11-13-31/h8-9,14,16-17,20H,2-7,10-13,15H2,1H3,(H3,26,27,28,29,30). The molecule has 1 aliphatic carbocycles. The van der Waals surface area contributed by atoms with E-state index in [1.165, 1.54) is 51.6 Å². The second-order valence-electron chi connectivity index (χ2n) is 9.54. The van der Waals surface area contributed by atoms with Gasteiger partial charge in [0.05, 0.1) is 12.1 Å². The fourth-order valence-corrected chi connectivity index (χ4v) is 5.91. The van der Waals surface area contributed by atoms with Crippen LogP contribution in [-0.2, 0) is 0 Å². The van der Waals surface area contributed by atoms with Crippen molar-refractivity contribution in [2.75, 3.05) is 42.7 Å². The van der Waals surface area contributed by atoms with Crippen LogP contribution in [0.1, 0.15) is 51.4 Å². The third-order valence-electron chi connectivity index (χ3n) is 7.43. The summed E-state index contributed by atoms with van der Waals surface area (Å²) in [5.41, 5.74) is 7.16. The van der Waals surface area contributed by atoms with Crippen LogP contribution in [0.5, 0.6) is 5.75 Å². The molecule has 4 heterocycles. The number of piperidine rings is 3. The zero-order chi connectivity index (χ0) is 22.8. The quantitative estimate of drug-likeness (QED) is 0.595. The molecule has 9 heteroatoms. The van der Waals surface area contributed by atoms with E-state index in [1.807, 2.05) is 18.2 Å². The molecule has 1 unspecified atom stereocenters. The molecular weight excluding hydrogens is 438 g/mol. The number of nitrogen functional groups attached to an aromatic ring is 1. The van der Waals surface area contributed by atoms with E-state index in [-0.39, 0.29) is 12.0 Å². The van der Waals surface area contributed by atoms with Crippen LogP contribution in [0.15, 0.2) is 18.2 Å². The Morgan fingerprint density at radius 2 is 1.82 bits per heavy atom. The molecule has 8 nitrogen and oxygen atoms in total. The molecule has 3 saturated heterocycles. The topological polar surface area (TPSA) is 92.4 Å². The van der Waals surface area contributed by atoms with Crippen molar-refractivity contribution in [3.8, 4) is 5.75 Å². The number of nitrogens with one attached hydrogen (secondary N) is 1. The average molecular weight is 472 g/mol. The van der Waals surface area contributed by atoms with Crippen molar-refractivity contribution in [3.05, 3.63) is 23.2 Å². The van der Waals surface area contributed by atoms with Gasteiger partial charge in [-0.2, -0.15) is 15.0 Å². The second-order valence-corrected chi connectivity index (χ2v) is 9.95. The van der Waals surface area contributed by atoms with E-state index in [1.54, 1.807) is 7.11 Å². The third-order valence-corrected chi connectivity index (χ3v) is 7.73. The van der Waals surface area contributed by atoms with Gasteiger partial charge in [-0.15, -0.1) is 0 Å². The van der Waals surface area contributed by atoms with E-state index in [0.717, 1.165) is 25.1 Å². The molecular formula is C24H34ClN7O. The number of anilines is 4. The molecule has 178 valence electrons. The van der Waals surface area contributed by atoms with Crippen LogP contribution in [0.4, 0.5) is 23.5 Å². The first kappa shape index (κ1) is 22.5. The number of methoxy groups -OCH3 is 1. The van der Waals surface area contributed by atoms with E-state index < -0.39 is 0 Å². The molecule has 33 heavy (non-hydrogen) atoms. The lowest BCUT2D eigenvalue weighted by Crippen LogP contribution is -2.53. The summed E-state index contributed by atoms with van der Waals surface area (Å²) in [6.45, 7) is 3.42. The van der Waals surface area contributed by atoms with E-state index >= 15 is 0 Å². The Hall–Kier alpha value is -2.32. The first-order chi connectivity index (χ1) is 16.1. The maximum Gasteiger partial charge on any atom is 0.236 e. The highest BCUT2D eigenvalue weighted by atomic mass is 35.5. The lowest BCUT2D eigenvalue weighted by molar-refractivity contribution is 0.0972. The minimum Gasteiger partial charge on any atom is -0.495 e. The largest absolute Gasteiger partial charge is 0.495 e. The van der Waals surface area contributed by atoms with Gasteiger partial charge in [0.15, 0.2) is 0 Å². The summed E-state index contributed by atoms with van der Waals surface area (Å²) in [6, 6.07) is 6.49. The van der Waals surface area contributed by atoms with Gasteiger partial charge in [0.2, 0.25) is 17.8 Å². The van der Waals surface area contributed by atoms with Gasteiger partial charge in [0, 0.05) is 24.3 Å². The Balaban J connectivity index is 1.48. The summed E-state index contributed by atoms with van der Waals surface area (Å²) in [6.07, 6.45) is 9.52. The van der Waals surface area contributed by atoms with Gasteiger partial charge < -0.3 is 25.6 Å². The monoisotopic (exact) mass is 471 g/mol. The molecule has 1 atom stereocenters. The van der Waals surface area contributed by atoms with Crippen molar-refractivity contribution in [2.45, 2.75) is 63.5 Å². The second kappa shape index (κ2) is 9.89. The Bertz CT molecular complexity index is 958. The SMILES string of the molecule is COc1ccc(N(c2nc(N)nc(NC3CN4CCC3CC4)n2)C2CCCCCC2)cc1Cl. The van der Waals surface area contributed by atoms with E-state index in [2.05, 4.69) is 25.1 Å². The number of rotatable bonds is 6. The van der Waals surface area contributed by atoms with Gasteiger partial charge in [-0.3, -0.25) is 0 Å². The van der Waals surface area contributed by atoms with Crippen LogP contribution in [-0.4, -0.2) is 58.7 Å². The molecule has 0 spiro atoms. The molecule has 4 fully saturated rings. The van der Waals surface area contributed by atoms with Gasteiger partial charge in [0.1, 0.15) is 5.75 Å². The van der Waals surface area contributed by atoms with Crippen LogP contribution >= 0.6 is 11.6 Å². The van der Waals surface area contributed by atoms with E-state index in [9.17, 15) is 0 Å². The lowest BCUT2D eigenvalue weighted by atomic mass is 9.84. The molecule has 0 amide bonds. The number of hydrogen-bond donors (Lipinski definition) is 2. The molecule has 4 aliphatic rings. The summed E-state index contributed by atoms with van der Waals surface area (Å²) in [7, 11) is 1.63. The third kappa shape index (κ3) is 4.96. The predicted octanol–water partition coefficient (Wildman–Crippen LogP) is 4.48. The molecule has 1 aromatic heterocycles. The highest BCUT2D eigenvalue weighted by molar-refractivity contribution is 6.32. The molecule has 2 aromatic rings. The zero-order valence-corrected chi connectivity index (χ0v) is 20.1. The summed E-state index contributed by atoms with van der Waals surface area (Å²) < 4.78 is 5.37.